The largest absolute Gasteiger partial charge is 0.0622 e. The van der Waals surface area contributed by atoms with E-state index in [2.05, 4.69) is 51.1 Å². The topological polar surface area (TPSA) is 0 Å². The summed E-state index contributed by atoms with van der Waals surface area (Å²) in [4.78, 5) is 0. The molecule has 1 rings (SSSR count). The van der Waals surface area contributed by atoms with Crippen LogP contribution in [0.4, 0.5) is 0 Å². The van der Waals surface area contributed by atoms with E-state index in [-0.39, 0.29) is 0 Å². The molecule has 0 radical (unpaired) electrons. The molecule has 0 saturated carbocycles. The zero-order valence-corrected chi connectivity index (χ0v) is 16.8. The second-order valence-corrected chi connectivity index (χ2v) is 8.79. The molecule has 24 heavy (non-hydrogen) atoms. The molecule has 0 amide bonds. The van der Waals surface area contributed by atoms with Crippen LogP contribution in [0.3, 0.4) is 0 Å². The van der Waals surface area contributed by atoms with Crippen LogP contribution in [0.5, 0.6) is 0 Å². The third-order valence-corrected chi connectivity index (χ3v) is 4.99. The number of hydrogen-bond acceptors (Lipinski definition) is 0. The Labute approximate surface area is 152 Å². The average molecular weight is 331 g/mol. The molecule has 0 aliphatic heterocycles. The van der Waals surface area contributed by atoms with E-state index in [9.17, 15) is 0 Å². The number of hydrogen-bond donors (Lipinski definition) is 0. The molecular weight excluding hydrogens is 288 g/mol. The predicted molar refractivity (Wildman–Crippen MR) is 110 cm³/mol. The van der Waals surface area contributed by atoms with Gasteiger partial charge in [0.25, 0.3) is 0 Å². The molecule has 0 atom stereocenters. The van der Waals surface area contributed by atoms with Crippen molar-refractivity contribution in [3.05, 3.63) is 35.9 Å². The highest BCUT2D eigenvalue weighted by Crippen LogP contribution is 2.22. The van der Waals surface area contributed by atoms with Crippen molar-refractivity contribution in [1.29, 1.82) is 0 Å². The van der Waals surface area contributed by atoms with Gasteiger partial charge in [-0.15, -0.1) is 0 Å². The summed E-state index contributed by atoms with van der Waals surface area (Å²) >= 11 is 0. The van der Waals surface area contributed by atoms with Gasteiger partial charge < -0.3 is 0 Å². The monoisotopic (exact) mass is 330 g/mol. The molecular formula is C24H42. The first kappa shape index (κ1) is 21.3. The lowest BCUT2D eigenvalue weighted by Gasteiger charge is -2.17. The first-order valence-corrected chi connectivity index (χ1v) is 10.6. The summed E-state index contributed by atoms with van der Waals surface area (Å²) < 4.78 is 0. The predicted octanol–water partition coefficient (Wildman–Crippen LogP) is 8.35. The van der Waals surface area contributed by atoms with Gasteiger partial charge in [0.15, 0.2) is 0 Å². The molecule has 0 unspecified atom stereocenters. The highest BCUT2D eigenvalue weighted by molar-refractivity contribution is 5.14. The quantitative estimate of drug-likeness (QED) is 0.301. The minimum Gasteiger partial charge on any atom is -0.0622 e. The second kappa shape index (κ2) is 13.5. The first-order valence-electron chi connectivity index (χ1n) is 10.6. The lowest BCUT2D eigenvalue weighted by Crippen LogP contribution is -2.03. The van der Waals surface area contributed by atoms with Crippen LogP contribution >= 0.6 is 0 Å². The van der Waals surface area contributed by atoms with Gasteiger partial charge in [-0.25, -0.2) is 0 Å². The molecule has 0 heterocycles. The molecule has 0 aromatic heterocycles. The Hall–Kier alpha value is -0.780. The number of unbranched alkanes of at least 4 members (excludes halogenated alkanes) is 11. The molecule has 0 saturated heterocycles. The third kappa shape index (κ3) is 13.6. The normalized spacial score (nSPS) is 11.8. The summed E-state index contributed by atoms with van der Waals surface area (Å²) in [7, 11) is 0. The van der Waals surface area contributed by atoms with Gasteiger partial charge in [-0.2, -0.15) is 0 Å². The lowest BCUT2D eigenvalue weighted by molar-refractivity contribution is 0.356. The smallest absolute Gasteiger partial charge is 0.0279 e. The maximum absolute atomic E-state index is 2.36. The summed E-state index contributed by atoms with van der Waals surface area (Å²) in [5.74, 6) is 0. The molecule has 0 aliphatic rings. The van der Waals surface area contributed by atoms with Gasteiger partial charge in [-0.1, -0.05) is 122 Å². The van der Waals surface area contributed by atoms with E-state index in [4.69, 9.17) is 0 Å². The van der Waals surface area contributed by atoms with Crippen LogP contribution < -0.4 is 0 Å². The van der Waals surface area contributed by atoms with Crippen LogP contribution in [0.15, 0.2) is 30.3 Å². The van der Waals surface area contributed by atoms with Crippen LogP contribution in [0.25, 0.3) is 0 Å². The van der Waals surface area contributed by atoms with Crippen molar-refractivity contribution in [2.75, 3.05) is 0 Å². The third-order valence-electron chi connectivity index (χ3n) is 4.99. The molecule has 0 aliphatic carbocycles. The fourth-order valence-electron chi connectivity index (χ4n) is 3.40. The molecule has 1 aromatic carbocycles. The Morgan fingerprint density at radius 2 is 0.958 bits per heavy atom. The molecule has 0 spiro atoms. The molecule has 138 valence electrons. The zero-order chi connectivity index (χ0) is 17.5. The van der Waals surface area contributed by atoms with E-state index in [0.29, 0.717) is 5.41 Å². The highest BCUT2D eigenvalue weighted by Gasteiger charge is 2.08. The van der Waals surface area contributed by atoms with E-state index in [1.165, 1.54) is 95.5 Å². The van der Waals surface area contributed by atoms with E-state index >= 15 is 0 Å². The Kier molecular flexibility index (Phi) is 12.0. The van der Waals surface area contributed by atoms with E-state index in [1.54, 1.807) is 0 Å². The average Bonchev–Trinajstić information content (AvgIpc) is 2.55. The van der Waals surface area contributed by atoms with Gasteiger partial charge in [0.05, 0.1) is 0 Å². The van der Waals surface area contributed by atoms with Crippen molar-refractivity contribution >= 4 is 0 Å². The van der Waals surface area contributed by atoms with Crippen LogP contribution in [0, 0.1) is 5.41 Å². The van der Waals surface area contributed by atoms with Crippen LogP contribution in [0.1, 0.15) is 110 Å². The second-order valence-electron chi connectivity index (χ2n) is 8.79. The summed E-state index contributed by atoms with van der Waals surface area (Å²) in [5, 5.41) is 0. The van der Waals surface area contributed by atoms with E-state index in [0.717, 1.165) is 0 Å². The van der Waals surface area contributed by atoms with Gasteiger partial charge in [-0.05, 0) is 30.2 Å². The van der Waals surface area contributed by atoms with Gasteiger partial charge in [0.1, 0.15) is 0 Å². The minimum absolute atomic E-state index is 0.529. The fourth-order valence-corrected chi connectivity index (χ4v) is 3.40. The summed E-state index contributed by atoms with van der Waals surface area (Å²) in [5.41, 5.74) is 2.03. The van der Waals surface area contributed by atoms with Crippen LogP contribution in [-0.4, -0.2) is 0 Å². The Bertz CT molecular complexity index is 371. The number of rotatable bonds is 14. The van der Waals surface area contributed by atoms with Gasteiger partial charge >= 0.3 is 0 Å². The van der Waals surface area contributed by atoms with Crippen molar-refractivity contribution in [2.24, 2.45) is 5.41 Å². The van der Waals surface area contributed by atoms with Gasteiger partial charge in [-0.3, -0.25) is 0 Å². The minimum atomic E-state index is 0.529. The number of aryl methyl sites for hydroxylation is 1. The van der Waals surface area contributed by atoms with E-state index in [1.807, 2.05) is 0 Å². The summed E-state index contributed by atoms with van der Waals surface area (Å²) in [6, 6.07) is 10.9. The Morgan fingerprint density at radius 1 is 0.542 bits per heavy atom. The van der Waals surface area contributed by atoms with Gasteiger partial charge in [0.2, 0.25) is 0 Å². The maximum atomic E-state index is 2.36. The SMILES string of the molecule is CC(C)(C)CCCCCCCCCCCCCCc1ccccc1. The molecule has 0 N–H and O–H groups in total. The summed E-state index contributed by atoms with van der Waals surface area (Å²) in [6.07, 6.45) is 19.9. The van der Waals surface area contributed by atoms with Gasteiger partial charge in [0, 0.05) is 0 Å². The molecule has 0 nitrogen and oxygen atoms in total. The van der Waals surface area contributed by atoms with Crippen molar-refractivity contribution in [2.45, 2.75) is 111 Å². The maximum Gasteiger partial charge on any atom is -0.0279 e. The van der Waals surface area contributed by atoms with Crippen LogP contribution in [-0.2, 0) is 6.42 Å². The first-order chi connectivity index (χ1) is 11.6. The van der Waals surface area contributed by atoms with Crippen LogP contribution in [0.2, 0.25) is 0 Å². The fraction of sp³-hybridized carbons (Fsp3) is 0.750. The van der Waals surface area contributed by atoms with E-state index < -0.39 is 0 Å². The number of benzene rings is 1. The zero-order valence-electron chi connectivity index (χ0n) is 16.8. The van der Waals surface area contributed by atoms with Crippen molar-refractivity contribution < 1.29 is 0 Å². The molecule has 0 heteroatoms. The Morgan fingerprint density at radius 3 is 1.42 bits per heavy atom. The molecule has 0 fully saturated rings. The highest BCUT2D eigenvalue weighted by atomic mass is 14.1. The molecule has 1 aromatic rings. The standard InChI is InChI=1S/C24H42/c1-24(2,3)22-18-13-11-9-7-5-4-6-8-10-12-15-19-23-20-16-14-17-21-23/h14,16-17,20-21H,4-13,15,18-19,22H2,1-3H3. The lowest BCUT2D eigenvalue weighted by atomic mass is 9.89. The van der Waals surface area contributed by atoms with Crippen molar-refractivity contribution in [1.82, 2.24) is 0 Å². The van der Waals surface area contributed by atoms with Crippen molar-refractivity contribution in [3.63, 3.8) is 0 Å². The summed E-state index contributed by atoms with van der Waals surface area (Å²) in [6.45, 7) is 7.07. The van der Waals surface area contributed by atoms with Crippen molar-refractivity contribution in [3.8, 4) is 0 Å². The molecule has 0 bridgehead atoms. The Balaban J connectivity index is 1.75.